The Morgan fingerprint density at radius 3 is 2.75 bits per heavy atom. The summed E-state index contributed by atoms with van der Waals surface area (Å²) in [6, 6.07) is 3.16. The maximum atomic E-state index is 9.06. The number of rotatable bonds is 3. The van der Waals surface area contributed by atoms with E-state index in [1.54, 1.807) is 0 Å². The third kappa shape index (κ3) is 2.54. The second-order valence-electron chi connectivity index (χ2n) is 4.64. The lowest BCUT2D eigenvalue weighted by molar-refractivity contribution is 0.0180. The van der Waals surface area contributed by atoms with Crippen LogP contribution in [0.3, 0.4) is 0 Å². The summed E-state index contributed by atoms with van der Waals surface area (Å²) >= 11 is 0. The summed E-state index contributed by atoms with van der Waals surface area (Å²) in [5.41, 5.74) is 0. The smallest absolute Gasteiger partial charge is 0.0975 e. The van der Waals surface area contributed by atoms with Gasteiger partial charge in [-0.05, 0) is 12.8 Å². The Bertz CT molecular complexity index is 257. The van der Waals surface area contributed by atoms with Gasteiger partial charge in [0.2, 0.25) is 0 Å². The lowest BCUT2D eigenvalue weighted by atomic mass is 10.2. The van der Waals surface area contributed by atoms with Crippen molar-refractivity contribution in [1.29, 1.82) is 5.26 Å². The highest BCUT2D eigenvalue weighted by atomic mass is 16.5. The highest BCUT2D eigenvalue weighted by molar-refractivity contribution is 4.96. The molecule has 2 saturated heterocycles. The molecule has 0 N–H and O–H groups in total. The van der Waals surface area contributed by atoms with Gasteiger partial charge in [0, 0.05) is 32.2 Å². The molecule has 2 fully saturated rings. The zero-order valence-corrected chi connectivity index (χ0v) is 10.1. The average molecular weight is 223 g/mol. The number of nitrogens with zero attached hydrogens (tertiary/aromatic N) is 3. The standard InChI is InChI=1S/C12H21N3O/c1-2-11(9-13)15-4-3-12(10-15)14-5-7-16-8-6-14/h11-12H,2-8,10H2,1H3. The molecule has 16 heavy (non-hydrogen) atoms. The van der Waals surface area contributed by atoms with Crippen LogP contribution in [0.4, 0.5) is 0 Å². The minimum absolute atomic E-state index is 0.117. The van der Waals surface area contributed by atoms with Crippen LogP contribution in [-0.2, 0) is 4.74 Å². The van der Waals surface area contributed by atoms with Crippen LogP contribution >= 0.6 is 0 Å². The summed E-state index contributed by atoms with van der Waals surface area (Å²) in [5.74, 6) is 0. The van der Waals surface area contributed by atoms with Crippen LogP contribution in [0.5, 0.6) is 0 Å². The largest absolute Gasteiger partial charge is 0.379 e. The molecule has 2 rings (SSSR count). The van der Waals surface area contributed by atoms with Gasteiger partial charge in [0.05, 0.1) is 25.3 Å². The fourth-order valence-electron chi connectivity index (χ4n) is 2.72. The van der Waals surface area contributed by atoms with Crippen LogP contribution in [-0.4, -0.2) is 61.3 Å². The minimum atomic E-state index is 0.117. The van der Waals surface area contributed by atoms with Gasteiger partial charge in [-0.1, -0.05) is 6.92 Å². The van der Waals surface area contributed by atoms with Gasteiger partial charge < -0.3 is 4.74 Å². The second-order valence-corrected chi connectivity index (χ2v) is 4.64. The highest BCUT2D eigenvalue weighted by Crippen LogP contribution is 2.19. The number of ether oxygens (including phenoxy) is 1. The summed E-state index contributed by atoms with van der Waals surface area (Å²) in [5, 5.41) is 9.06. The van der Waals surface area contributed by atoms with Gasteiger partial charge >= 0.3 is 0 Å². The number of hydrogen-bond donors (Lipinski definition) is 0. The van der Waals surface area contributed by atoms with Crippen molar-refractivity contribution in [2.24, 2.45) is 0 Å². The van der Waals surface area contributed by atoms with E-state index in [2.05, 4.69) is 22.8 Å². The first kappa shape index (κ1) is 11.8. The maximum absolute atomic E-state index is 9.06. The molecule has 2 heterocycles. The zero-order chi connectivity index (χ0) is 11.4. The van der Waals surface area contributed by atoms with Crippen molar-refractivity contribution in [2.45, 2.75) is 31.8 Å². The first-order valence-corrected chi connectivity index (χ1v) is 6.30. The van der Waals surface area contributed by atoms with E-state index in [0.29, 0.717) is 6.04 Å². The van der Waals surface area contributed by atoms with Gasteiger partial charge in [-0.2, -0.15) is 5.26 Å². The predicted octanol–water partition coefficient (Wildman–Crippen LogP) is 0.695. The van der Waals surface area contributed by atoms with E-state index in [0.717, 1.165) is 45.8 Å². The molecule has 0 aromatic carbocycles. The molecule has 0 bridgehead atoms. The summed E-state index contributed by atoms with van der Waals surface area (Å²) < 4.78 is 5.37. The van der Waals surface area contributed by atoms with Crippen molar-refractivity contribution in [3.05, 3.63) is 0 Å². The topological polar surface area (TPSA) is 39.5 Å². The van der Waals surface area contributed by atoms with E-state index in [-0.39, 0.29) is 6.04 Å². The third-order valence-electron chi connectivity index (χ3n) is 3.73. The zero-order valence-electron chi connectivity index (χ0n) is 10.1. The molecule has 90 valence electrons. The fraction of sp³-hybridized carbons (Fsp3) is 0.917. The Kier molecular flexibility index (Phi) is 4.16. The van der Waals surface area contributed by atoms with Crippen molar-refractivity contribution < 1.29 is 4.74 Å². The Morgan fingerprint density at radius 2 is 2.12 bits per heavy atom. The number of hydrogen-bond acceptors (Lipinski definition) is 4. The van der Waals surface area contributed by atoms with Crippen molar-refractivity contribution in [1.82, 2.24) is 9.80 Å². The quantitative estimate of drug-likeness (QED) is 0.706. The molecule has 0 radical (unpaired) electrons. The van der Waals surface area contributed by atoms with Crippen LogP contribution in [0, 0.1) is 11.3 Å². The number of nitriles is 1. The predicted molar refractivity (Wildman–Crippen MR) is 62.1 cm³/mol. The summed E-state index contributed by atoms with van der Waals surface area (Å²) in [7, 11) is 0. The molecule has 2 atom stereocenters. The van der Waals surface area contributed by atoms with E-state index < -0.39 is 0 Å². The first-order valence-electron chi connectivity index (χ1n) is 6.30. The van der Waals surface area contributed by atoms with Crippen LogP contribution in [0.25, 0.3) is 0 Å². The van der Waals surface area contributed by atoms with E-state index in [1.807, 2.05) is 0 Å². The number of morpholine rings is 1. The molecular formula is C12H21N3O. The van der Waals surface area contributed by atoms with E-state index in [1.165, 1.54) is 6.42 Å². The van der Waals surface area contributed by atoms with E-state index in [9.17, 15) is 0 Å². The monoisotopic (exact) mass is 223 g/mol. The van der Waals surface area contributed by atoms with Gasteiger partial charge in [0.15, 0.2) is 0 Å². The third-order valence-corrected chi connectivity index (χ3v) is 3.73. The number of likely N-dealkylation sites (tertiary alicyclic amines) is 1. The SMILES string of the molecule is CCC(C#N)N1CCC(N2CCOCC2)C1. The molecule has 0 aromatic rings. The summed E-state index contributed by atoms with van der Waals surface area (Å²) in [4.78, 5) is 4.85. The molecule has 4 nitrogen and oxygen atoms in total. The molecule has 2 aliphatic heterocycles. The Hall–Kier alpha value is -0.630. The normalized spacial score (nSPS) is 30.1. The van der Waals surface area contributed by atoms with Crippen molar-refractivity contribution in [3.63, 3.8) is 0 Å². The molecule has 4 heteroatoms. The molecule has 0 saturated carbocycles. The molecule has 0 spiro atoms. The van der Waals surface area contributed by atoms with Gasteiger partial charge in [-0.15, -0.1) is 0 Å². The molecule has 0 aromatic heterocycles. The average Bonchev–Trinajstić information content (AvgIpc) is 2.81. The van der Waals surface area contributed by atoms with Gasteiger partial charge in [-0.25, -0.2) is 0 Å². The van der Waals surface area contributed by atoms with Crippen LogP contribution < -0.4 is 0 Å². The summed E-state index contributed by atoms with van der Waals surface area (Å²) in [6.45, 7) is 8.08. The van der Waals surface area contributed by atoms with E-state index in [4.69, 9.17) is 10.00 Å². The minimum Gasteiger partial charge on any atom is -0.379 e. The molecule has 0 aliphatic carbocycles. The van der Waals surface area contributed by atoms with E-state index >= 15 is 0 Å². The van der Waals surface area contributed by atoms with Gasteiger partial charge in [0.1, 0.15) is 0 Å². The molecule has 2 aliphatic rings. The van der Waals surface area contributed by atoms with Crippen molar-refractivity contribution in [2.75, 3.05) is 39.4 Å². The molecule has 0 amide bonds. The highest BCUT2D eigenvalue weighted by Gasteiger charge is 2.31. The maximum Gasteiger partial charge on any atom is 0.0975 e. The van der Waals surface area contributed by atoms with Gasteiger partial charge in [0.25, 0.3) is 0 Å². The Labute approximate surface area is 97.8 Å². The lowest BCUT2D eigenvalue weighted by Gasteiger charge is -2.32. The van der Waals surface area contributed by atoms with Crippen LogP contribution in [0.1, 0.15) is 19.8 Å². The first-order chi connectivity index (χ1) is 7.85. The fourth-order valence-corrected chi connectivity index (χ4v) is 2.72. The summed E-state index contributed by atoms with van der Waals surface area (Å²) in [6.07, 6.45) is 2.14. The Morgan fingerprint density at radius 1 is 1.38 bits per heavy atom. The second kappa shape index (κ2) is 5.62. The van der Waals surface area contributed by atoms with Crippen LogP contribution in [0.15, 0.2) is 0 Å². The molecule has 2 unspecified atom stereocenters. The van der Waals surface area contributed by atoms with Crippen LogP contribution in [0.2, 0.25) is 0 Å². The van der Waals surface area contributed by atoms with Gasteiger partial charge in [-0.3, -0.25) is 9.80 Å². The van der Waals surface area contributed by atoms with Crippen molar-refractivity contribution in [3.8, 4) is 6.07 Å². The lowest BCUT2D eigenvalue weighted by Crippen LogP contribution is -2.45. The molecular weight excluding hydrogens is 202 g/mol. The van der Waals surface area contributed by atoms with Crippen molar-refractivity contribution >= 4 is 0 Å². The Balaban J connectivity index is 1.85.